The standard InChI is InChI=1S/C15H31NO/c1-3-6-13-8-5-10-15(17,11-9-13)14(12-16)7-4-2/h13-14,17H,3-12,16H2,1-2H3. The molecule has 3 atom stereocenters. The molecule has 1 saturated carbocycles. The van der Waals surface area contributed by atoms with E-state index in [2.05, 4.69) is 13.8 Å². The summed E-state index contributed by atoms with van der Waals surface area (Å²) in [6, 6.07) is 0. The van der Waals surface area contributed by atoms with Crippen LogP contribution in [-0.2, 0) is 0 Å². The molecule has 0 aromatic heterocycles. The van der Waals surface area contributed by atoms with E-state index in [9.17, 15) is 5.11 Å². The lowest BCUT2D eigenvalue weighted by Crippen LogP contribution is -2.41. The second-order valence-corrected chi connectivity index (χ2v) is 5.91. The molecular weight excluding hydrogens is 210 g/mol. The molecule has 102 valence electrons. The number of hydrogen-bond donors (Lipinski definition) is 2. The first-order valence-corrected chi connectivity index (χ1v) is 7.58. The second kappa shape index (κ2) is 7.38. The van der Waals surface area contributed by atoms with Gasteiger partial charge in [0.2, 0.25) is 0 Å². The second-order valence-electron chi connectivity index (χ2n) is 5.91. The molecule has 3 N–H and O–H groups in total. The zero-order chi connectivity index (χ0) is 12.7. The molecule has 2 heteroatoms. The van der Waals surface area contributed by atoms with Gasteiger partial charge in [0, 0.05) is 0 Å². The van der Waals surface area contributed by atoms with E-state index in [1.54, 1.807) is 0 Å². The minimum absolute atomic E-state index is 0.313. The number of aliphatic hydroxyl groups is 1. The molecule has 1 aliphatic carbocycles. The van der Waals surface area contributed by atoms with E-state index in [1.807, 2.05) is 0 Å². The quantitative estimate of drug-likeness (QED) is 0.699. The lowest BCUT2D eigenvalue weighted by atomic mass is 9.78. The largest absolute Gasteiger partial charge is 0.390 e. The van der Waals surface area contributed by atoms with Gasteiger partial charge in [-0.3, -0.25) is 0 Å². The molecule has 0 aromatic rings. The fourth-order valence-electron chi connectivity index (χ4n) is 3.48. The monoisotopic (exact) mass is 241 g/mol. The fourth-order valence-corrected chi connectivity index (χ4v) is 3.48. The van der Waals surface area contributed by atoms with E-state index in [0.717, 1.165) is 31.6 Å². The smallest absolute Gasteiger partial charge is 0.0688 e. The van der Waals surface area contributed by atoms with E-state index in [4.69, 9.17) is 5.73 Å². The van der Waals surface area contributed by atoms with Crippen LogP contribution in [0.2, 0.25) is 0 Å². The van der Waals surface area contributed by atoms with E-state index < -0.39 is 5.60 Å². The number of rotatable bonds is 6. The molecule has 2 nitrogen and oxygen atoms in total. The van der Waals surface area contributed by atoms with Crippen molar-refractivity contribution in [3.05, 3.63) is 0 Å². The number of hydrogen-bond acceptors (Lipinski definition) is 2. The van der Waals surface area contributed by atoms with Gasteiger partial charge in [0.1, 0.15) is 0 Å². The van der Waals surface area contributed by atoms with Crippen LogP contribution in [0.4, 0.5) is 0 Å². The van der Waals surface area contributed by atoms with Crippen molar-refractivity contribution in [2.24, 2.45) is 17.6 Å². The summed E-state index contributed by atoms with van der Waals surface area (Å²) in [6.07, 6.45) is 10.4. The summed E-state index contributed by atoms with van der Waals surface area (Å²) in [6.45, 7) is 5.09. The van der Waals surface area contributed by atoms with Crippen molar-refractivity contribution in [2.45, 2.75) is 77.2 Å². The van der Waals surface area contributed by atoms with Gasteiger partial charge < -0.3 is 10.8 Å². The van der Waals surface area contributed by atoms with Crippen LogP contribution in [0.15, 0.2) is 0 Å². The SMILES string of the molecule is CCCC1CCCC(O)(C(CN)CCC)CC1. The summed E-state index contributed by atoms with van der Waals surface area (Å²) >= 11 is 0. The fraction of sp³-hybridized carbons (Fsp3) is 1.00. The van der Waals surface area contributed by atoms with Gasteiger partial charge in [0.25, 0.3) is 0 Å². The Hall–Kier alpha value is -0.0800. The third-order valence-corrected chi connectivity index (χ3v) is 4.59. The first-order valence-electron chi connectivity index (χ1n) is 7.58. The summed E-state index contributed by atoms with van der Waals surface area (Å²) in [5.74, 6) is 1.15. The summed E-state index contributed by atoms with van der Waals surface area (Å²) < 4.78 is 0. The molecule has 3 unspecified atom stereocenters. The van der Waals surface area contributed by atoms with Gasteiger partial charge in [-0.25, -0.2) is 0 Å². The molecule has 0 aromatic carbocycles. The van der Waals surface area contributed by atoms with Crippen LogP contribution < -0.4 is 5.73 Å². The lowest BCUT2D eigenvalue weighted by Gasteiger charge is -2.35. The molecule has 0 saturated heterocycles. The van der Waals surface area contributed by atoms with Crippen molar-refractivity contribution in [3.63, 3.8) is 0 Å². The zero-order valence-corrected chi connectivity index (χ0v) is 11.8. The van der Waals surface area contributed by atoms with E-state index in [-0.39, 0.29) is 0 Å². The Morgan fingerprint density at radius 2 is 2.00 bits per heavy atom. The Morgan fingerprint density at radius 3 is 2.59 bits per heavy atom. The van der Waals surface area contributed by atoms with Gasteiger partial charge in [0.05, 0.1) is 5.60 Å². The summed E-state index contributed by atoms with van der Waals surface area (Å²) in [7, 11) is 0. The third-order valence-electron chi connectivity index (χ3n) is 4.59. The van der Waals surface area contributed by atoms with Gasteiger partial charge in [-0.15, -0.1) is 0 Å². The normalized spacial score (nSPS) is 32.1. The van der Waals surface area contributed by atoms with Crippen LogP contribution in [0.25, 0.3) is 0 Å². The molecule has 0 aliphatic heterocycles. The van der Waals surface area contributed by atoms with Crippen molar-refractivity contribution >= 4 is 0 Å². The first kappa shape index (κ1) is 15.0. The summed E-state index contributed by atoms with van der Waals surface area (Å²) in [4.78, 5) is 0. The van der Waals surface area contributed by atoms with Crippen LogP contribution in [0.5, 0.6) is 0 Å². The highest BCUT2D eigenvalue weighted by Gasteiger charge is 2.36. The van der Waals surface area contributed by atoms with Gasteiger partial charge in [0.15, 0.2) is 0 Å². The van der Waals surface area contributed by atoms with E-state index in [1.165, 1.54) is 32.1 Å². The van der Waals surface area contributed by atoms with Gasteiger partial charge in [-0.05, 0) is 44.1 Å². The maximum absolute atomic E-state index is 10.8. The van der Waals surface area contributed by atoms with E-state index >= 15 is 0 Å². The van der Waals surface area contributed by atoms with Crippen molar-refractivity contribution in [1.82, 2.24) is 0 Å². The molecule has 1 fully saturated rings. The highest BCUT2D eigenvalue weighted by Crippen LogP contribution is 2.38. The van der Waals surface area contributed by atoms with Crippen molar-refractivity contribution < 1.29 is 5.11 Å². The Balaban J connectivity index is 2.57. The van der Waals surface area contributed by atoms with Crippen LogP contribution >= 0.6 is 0 Å². The van der Waals surface area contributed by atoms with Crippen LogP contribution in [-0.4, -0.2) is 17.3 Å². The number of nitrogens with two attached hydrogens (primary N) is 1. The molecular formula is C15H31NO. The van der Waals surface area contributed by atoms with Crippen LogP contribution in [0.3, 0.4) is 0 Å². The molecule has 0 bridgehead atoms. The average Bonchev–Trinajstić information content (AvgIpc) is 2.50. The van der Waals surface area contributed by atoms with Crippen LogP contribution in [0.1, 0.15) is 71.6 Å². The predicted octanol–water partition coefficient (Wildman–Crippen LogP) is 3.47. The maximum Gasteiger partial charge on any atom is 0.0688 e. The molecule has 0 heterocycles. The summed E-state index contributed by atoms with van der Waals surface area (Å²) in [5.41, 5.74) is 5.39. The Kier molecular flexibility index (Phi) is 6.50. The topological polar surface area (TPSA) is 46.2 Å². The Labute approximate surface area is 107 Å². The molecule has 1 rings (SSSR count). The van der Waals surface area contributed by atoms with Crippen LogP contribution in [0, 0.1) is 11.8 Å². The maximum atomic E-state index is 10.8. The van der Waals surface area contributed by atoms with Gasteiger partial charge in [-0.1, -0.05) is 46.0 Å². The molecule has 0 spiro atoms. The molecule has 0 radical (unpaired) electrons. The third kappa shape index (κ3) is 4.26. The minimum Gasteiger partial charge on any atom is -0.390 e. The Bertz CT molecular complexity index is 207. The van der Waals surface area contributed by atoms with Crippen molar-refractivity contribution in [3.8, 4) is 0 Å². The van der Waals surface area contributed by atoms with Gasteiger partial charge >= 0.3 is 0 Å². The Morgan fingerprint density at radius 1 is 1.24 bits per heavy atom. The minimum atomic E-state index is -0.465. The van der Waals surface area contributed by atoms with Crippen molar-refractivity contribution in [1.29, 1.82) is 0 Å². The average molecular weight is 241 g/mol. The lowest BCUT2D eigenvalue weighted by molar-refractivity contribution is -0.0329. The van der Waals surface area contributed by atoms with Crippen molar-refractivity contribution in [2.75, 3.05) is 6.54 Å². The highest BCUT2D eigenvalue weighted by atomic mass is 16.3. The summed E-state index contributed by atoms with van der Waals surface area (Å²) in [5, 5.41) is 10.8. The first-order chi connectivity index (χ1) is 8.16. The predicted molar refractivity (Wildman–Crippen MR) is 73.9 cm³/mol. The molecule has 1 aliphatic rings. The molecule has 0 amide bonds. The zero-order valence-electron chi connectivity index (χ0n) is 11.8. The molecule has 17 heavy (non-hydrogen) atoms. The highest BCUT2D eigenvalue weighted by molar-refractivity contribution is 4.89. The van der Waals surface area contributed by atoms with Gasteiger partial charge in [-0.2, -0.15) is 0 Å². The van der Waals surface area contributed by atoms with E-state index in [0.29, 0.717) is 12.5 Å².